The molecule has 0 aromatic heterocycles. The van der Waals surface area contributed by atoms with Crippen LogP contribution in [0.15, 0.2) is 0 Å². The van der Waals surface area contributed by atoms with Gasteiger partial charge in [0.2, 0.25) is 0 Å². The number of carbonyl (C=O) groups excluding carboxylic acids is 1. The molecule has 4 nitrogen and oxygen atoms in total. The Labute approximate surface area is 73.9 Å². The number of ether oxygens (including phenoxy) is 1. The van der Waals surface area contributed by atoms with E-state index in [9.17, 15) is 0 Å². The number of carbonyl (C=O) groups is 1. The van der Waals surface area contributed by atoms with Gasteiger partial charge in [-0.3, -0.25) is 4.79 Å². The van der Waals surface area contributed by atoms with Crippen LogP contribution in [0.1, 0.15) is 20.3 Å². The Morgan fingerprint density at radius 1 is 1.58 bits per heavy atom. The van der Waals surface area contributed by atoms with E-state index in [0.717, 1.165) is 19.5 Å². The highest BCUT2D eigenvalue weighted by Crippen LogP contribution is 1.93. The topological polar surface area (TPSA) is 58.6 Å². The highest BCUT2D eigenvalue weighted by Gasteiger charge is 2.08. The lowest BCUT2D eigenvalue weighted by Gasteiger charge is -1.90. The Morgan fingerprint density at radius 2 is 2.08 bits per heavy atom. The normalized spacial score (nSPS) is 19.5. The first-order chi connectivity index (χ1) is 5.81. The lowest BCUT2D eigenvalue weighted by atomic mass is 10.3. The number of methoxy groups -OCH3 is 1. The van der Waals surface area contributed by atoms with Gasteiger partial charge in [0.1, 0.15) is 0 Å². The molecule has 1 aliphatic heterocycles. The summed E-state index contributed by atoms with van der Waals surface area (Å²) in [7, 11) is 1.31. The van der Waals surface area contributed by atoms with Gasteiger partial charge in [-0.2, -0.15) is 0 Å². The molecule has 1 unspecified atom stereocenters. The van der Waals surface area contributed by atoms with Crippen molar-refractivity contribution in [2.45, 2.75) is 26.4 Å². The Hall–Kier alpha value is -0.610. The van der Waals surface area contributed by atoms with E-state index in [1.165, 1.54) is 7.11 Å². The second-order valence-electron chi connectivity index (χ2n) is 1.98. The first kappa shape index (κ1) is 13.9. The Bertz CT molecular complexity index is 82.4. The summed E-state index contributed by atoms with van der Waals surface area (Å²) in [6.45, 7) is 6.15. The summed E-state index contributed by atoms with van der Waals surface area (Å²) in [6.07, 6.45) is 0.866. The molecule has 0 amide bonds. The van der Waals surface area contributed by atoms with E-state index in [1.807, 2.05) is 13.8 Å². The second-order valence-corrected chi connectivity index (χ2v) is 1.98. The zero-order valence-corrected chi connectivity index (χ0v) is 8.04. The van der Waals surface area contributed by atoms with Crippen LogP contribution in [0.4, 0.5) is 0 Å². The van der Waals surface area contributed by atoms with E-state index < -0.39 is 0 Å². The van der Waals surface area contributed by atoms with Gasteiger partial charge in [0.25, 0.3) is 6.47 Å². The van der Waals surface area contributed by atoms with Crippen molar-refractivity contribution in [3.63, 3.8) is 0 Å². The van der Waals surface area contributed by atoms with Crippen LogP contribution in [-0.2, 0) is 9.53 Å². The summed E-state index contributed by atoms with van der Waals surface area (Å²) < 4.78 is 3.86. The van der Waals surface area contributed by atoms with E-state index in [0.29, 0.717) is 6.47 Å². The summed E-state index contributed by atoms with van der Waals surface area (Å²) in [4.78, 5) is 8.95. The quantitative estimate of drug-likeness (QED) is 0.560. The number of β-amino-alcohol motifs (C(OH)–C–C–N with tert-alkyl or cyclic N) is 1. The van der Waals surface area contributed by atoms with E-state index >= 15 is 0 Å². The summed E-state index contributed by atoms with van der Waals surface area (Å²) in [5, 5.41) is 11.7. The lowest BCUT2D eigenvalue weighted by Crippen LogP contribution is -2.11. The summed E-state index contributed by atoms with van der Waals surface area (Å²) in [5.74, 6) is 0. The molecule has 0 aromatic carbocycles. The third kappa shape index (κ3) is 12.1. The van der Waals surface area contributed by atoms with Crippen LogP contribution in [0.5, 0.6) is 0 Å². The van der Waals surface area contributed by atoms with Gasteiger partial charge in [0, 0.05) is 6.54 Å². The van der Waals surface area contributed by atoms with Gasteiger partial charge in [-0.25, -0.2) is 0 Å². The number of rotatable bonds is 1. The maximum absolute atomic E-state index is 8.95. The van der Waals surface area contributed by atoms with Crippen LogP contribution in [0.3, 0.4) is 0 Å². The molecule has 0 aromatic rings. The molecule has 0 saturated carbocycles. The minimum atomic E-state index is -0.0648. The number of aliphatic hydroxyl groups is 1. The molecule has 74 valence electrons. The van der Waals surface area contributed by atoms with E-state index in [2.05, 4.69) is 10.1 Å². The fourth-order valence-electron chi connectivity index (χ4n) is 0.639. The predicted octanol–water partition coefficient (Wildman–Crippen LogP) is 0.156. The first-order valence-electron chi connectivity index (χ1n) is 4.16. The Kier molecular flexibility index (Phi) is 15.1. The molecular weight excluding hydrogens is 158 g/mol. The largest absolute Gasteiger partial charge is 0.471 e. The van der Waals surface area contributed by atoms with Crippen LogP contribution in [0.25, 0.3) is 0 Å². The molecule has 1 fully saturated rings. The minimum absolute atomic E-state index is 0.0648. The highest BCUT2D eigenvalue weighted by atomic mass is 16.5. The highest BCUT2D eigenvalue weighted by molar-refractivity contribution is 5.36. The third-order valence-corrected chi connectivity index (χ3v) is 1.13. The van der Waals surface area contributed by atoms with E-state index in [4.69, 9.17) is 9.90 Å². The van der Waals surface area contributed by atoms with Crippen LogP contribution in [0.2, 0.25) is 0 Å². The van der Waals surface area contributed by atoms with Gasteiger partial charge >= 0.3 is 0 Å². The third-order valence-electron chi connectivity index (χ3n) is 1.13. The van der Waals surface area contributed by atoms with Crippen molar-refractivity contribution in [1.29, 1.82) is 0 Å². The predicted molar refractivity (Wildman–Crippen MR) is 47.9 cm³/mol. The smallest absolute Gasteiger partial charge is 0.292 e. The average molecular weight is 177 g/mol. The van der Waals surface area contributed by atoms with E-state index in [1.54, 1.807) is 0 Å². The van der Waals surface area contributed by atoms with Crippen LogP contribution < -0.4 is 5.32 Å². The zero-order chi connectivity index (χ0) is 9.82. The molecule has 1 rings (SSSR count). The molecule has 1 heterocycles. The summed E-state index contributed by atoms with van der Waals surface area (Å²) in [6, 6.07) is 0. The van der Waals surface area contributed by atoms with Gasteiger partial charge in [0.15, 0.2) is 0 Å². The summed E-state index contributed by atoms with van der Waals surface area (Å²) in [5.41, 5.74) is 0. The zero-order valence-electron chi connectivity index (χ0n) is 8.04. The molecule has 4 heteroatoms. The van der Waals surface area contributed by atoms with Gasteiger partial charge < -0.3 is 15.2 Å². The number of aliphatic hydroxyl groups excluding tert-OH is 1. The van der Waals surface area contributed by atoms with Gasteiger partial charge in [0.05, 0.1) is 13.2 Å². The van der Waals surface area contributed by atoms with Crippen molar-refractivity contribution in [3.05, 3.63) is 0 Å². The van der Waals surface area contributed by atoms with Crippen LogP contribution >= 0.6 is 0 Å². The van der Waals surface area contributed by atoms with Crippen molar-refractivity contribution in [1.82, 2.24) is 5.32 Å². The summed E-state index contributed by atoms with van der Waals surface area (Å²) >= 11 is 0. The fraction of sp³-hybridized carbons (Fsp3) is 0.875. The van der Waals surface area contributed by atoms with Gasteiger partial charge in [-0.15, -0.1) is 0 Å². The first-order valence-corrected chi connectivity index (χ1v) is 4.16. The van der Waals surface area contributed by atoms with Gasteiger partial charge in [-0.05, 0) is 13.0 Å². The minimum Gasteiger partial charge on any atom is -0.471 e. The van der Waals surface area contributed by atoms with Crippen molar-refractivity contribution in [2.75, 3.05) is 20.2 Å². The van der Waals surface area contributed by atoms with Crippen LogP contribution in [-0.4, -0.2) is 37.9 Å². The SMILES string of the molecule is CC.COC=O.OC1CCNC1. The standard InChI is InChI=1S/C4H9NO.C2H4O2.C2H6/c6-4-1-2-5-3-4;1-4-2-3;1-2/h4-6H,1-3H2;2H,1H3;1-2H3. The molecule has 0 radical (unpaired) electrons. The Balaban J connectivity index is 0. The molecule has 1 atom stereocenters. The molecule has 1 aliphatic rings. The number of nitrogens with one attached hydrogen (secondary N) is 1. The van der Waals surface area contributed by atoms with Crippen LogP contribution in [0, 0.1) is 0 Å². The average Bonchev–Trinajstić information content (AvgIpc) is 2.60. The molecule has 12 heavy (non-hydrogen) atoms. The number of hydrogen-bond acceptors (Lipinski definition) is 4. The molecule has 0 bridgehead atoms. The Morgan fingerprint density at radius 3 is 2.17 bits per heavy atom. The lowest BCUT2D eigenvalue weighted by molar-refractivity contribution is -0.126. The van der Waals surface area contributed by atoms with Crippen molar-refractivity contribution in [3.8, 4) is 0 Å². The maximum atomic E-state index is 8.95. The molecule has 2 N–H and O–H groups in total. The molecule has 1 saturated heterocycles. The second kappa shape index (κ2) is 13.0. The number of hydrogen-bond donors (Lipinski definition) is 2. The monoisotopic (exact) mass is 177 g/mol. The van der Waals surface area contributed by atoms with Crippen molar-refractivity contribution in [2.24, 2.45) is 0 Å². The van der Waals surface area contributed by atoms with Crippen molar-refractivity contribution >= 4 is 6.47 Å². The molecular formula is C8H19NO3. The maximum Gasteiger partial charge on any atom is 0.292 e. The fourth-order valence-corrected chi connectivity index (χ4v) is 0.639. The van der Waals surface area contributed by atoms with E-state index in [-0.39, 0.29) is 6.10 Å². The molecule has 0 aliphatic carbocycles. The van der Waals surface area contributed by atoms with Gasteiger partial charge in [-0.1, -0.05) is 13.8 Å². The van der Waals surface area contributed by atoms with Crippen molar-refractivity contribution < 1.29 is 14.6 Å². The molecule has 0 spiro atoms.